The van der Waals surface area contributed by atoms with Crippen molar-refractivity contribution >= 4 is 35.2 Å². The van der Waals surface area contributed by atoms with Gasteiger partial charge in [-0.15, -0.1) is 10.2 Å². The first-order valence-electron chi connectivity index (χ1n) is 10.2. The van der Waals surface area contributed by atoms with Crippen LogP contribution in [0.15, 0.2) is 23.4 Å². The van der Waals surface area contributed by atoms with E-state index in [-0.39, 0.29) is 23.9 Å². The van der Waals surface area contributed by atoms with Gasteiger partial charge in [-0.05, 0) is 18.1 Å². The van der Waals surface area contributed by atoms with Gasteiger partial charge >= 0.3 is 0 Å². The first-order chi connectivity index (χ1) is 15.3. The Morgan fingerprint density at radius 3 is 2.59 bits per heavy atom. The summed E-state index contributed by atoms with van der Waals surface area (Å²) >= 11 is 1.24. The van der Waals surface area contributed by atoms with Crippen LogP contribution in [-0.2, 0) is 20.9 Å². The van der Waals surface area contributed by atoms with Crippen molar-refractivity contribution in [1.82, 2.24) is 20.1 Å². The highest BCUT2D eigenvalue weighted by atomic mass is 32.2. The van der Waals surface area contributed by atoms with E-state index in [0.717, 1.165) is 31.2 Å². The van der Waals surface area contributed by atoms with Crippen LogP contribution in [0.25, 0.3) is 0 Å². The SMILES string of the molecule is CC(C)Cn1c(SCC(=O)NCC(=O)Nc2ccc(F)c(F)c2)nnc1N1CCOCC1. The summed E-state index contributed by atoms with van der Waals surface area (Å²) in [4.78, 5) is 26.3. The molecule has 9 nitrogen and oxygen atoms in total. The lowest BCUT2D eigenvalue weighted by atomic mass is 10.2. The highest BCUT2D eigenvalue weighted by molar-refractivity contribution is 7.99. The zero-order valence-electron chi connectivity index (χ0n) is 17.9. The molecule has 1 aliphatic rings. The molecule has 1 saturated heterocycles. The lowest BCUT2D eigenvalue weighted by Crippen LogP contribution is -2.38. The number of hydrogen-bond donors (Lipinski definition) is 2. The molecule has 2 amide bonds. The predicted molar refractivity (Wildman–Crippen MR) is 117 cm³/mol. The average molecular weight is 469 g/mol. The number of amides is 2. The molecule has 1 aliphatic heterocycles. The number of thioether (sulfide) groups is 1. The molecule has 0 saturated carbocycles. The number of nitrogens with one attached hydrogen (secondary N) is 2. The second-order valence-corrected chi connectivity index (χ2v) is 8.57. The predicted octanol–water partition coefficient (Wildman–Crippen LogP) is 1.90. The molecule has 1 fully saturated rings. The van der Waals surface area contributed by atoms with Gasteiger partial charge in [0.1, 0.15) is 0 Å². The number of anilines is 2. The summed E-state index contributed by atoms with van der Waals surface area (Å²) in [6, 6.07) is 3.03. The van der Waals surface area contributed by atoms with Crippen LogP contribution in [0.2, 0.25) is 0 Å². The number of rotatable bonds is 9. The highest BCUT2D eigenvalue weighted by Gasteiger charge is 2.21. The van der Waals surface area contributed by atoms with Gasteiger partial charge in [0.05, 0.1) is 25.5 Å². The molecule has 1 aromatic heterocycles. The van der Waals surface area contributed by atoms with Gasteiger partial charge in [0, 0.05) is 31.4 Å². The Bertz CT molecular complexity index is 949. The Hall–Kier alpha value is -2.73. The number of aromatic nitrogens is 3. The Morgan fingerprint density at radius 2 is 1.91 bits per heavy atom. The van der Waals surface area contributed by atoms with Crippen LogP contribution in [-0.4, -0.2) is 65.2 Å². The van der Waals surface area contributed by atoms with Gasteiger partial charge in [-0.3, -0.25) is 14.2 Å². The van der Waals surface area contributed by atoms with Gasteiger partial charge in [0.15, 0.2) is 16.8 Å². The van der Waals surface area contributed by atoms with E-state index in [2.05, 4.69) is 39.6 Å². The molecular weight excluding hydrogens is 442 g/mol. The van der Waals surface area contributed by atoms with Crippen LogP contribution < -0.4 is 15.5 Å². The summed E-state index contributed by atoms with van der Waals surface area (Å²) in [5.74, 6) is -1.80. The van der Waals surface area contributed by atoms with Crippen molar-refractivity contribution in [3.63, 3.8) is 0 Å². The van der Waals surface area contributed by atoms with Gasteiger partial charge in [-0.25, -0.2) is 8.78 Å². The Morgan fingerprint density at radius 1 is 1.16 bits per heavy atom. The summed E-state index contributed by atoms with van der Waals surface area (Å²) in [5, 5.41) is 14.1. The van der Waals surface area contributed by atoms with Crippen LogP contribution in [0.1, 0.15) is 13.8 Å². The third-order valence-electron chi connectivity index (χ3n) is 4.52. The monoisotopic (exact) mass is 468 g/mol. The molecule has 2 N–H and O–H groups in total. The number of carbonyl (C=O) groups excluding carboxylic acids is 2. The van der Waals surface area contributed by atoms with E-state index in [0.29, 0.717) is 30.8 Å². The molecule has 2 heterocycles. The molecule has 0 atom stereocenters. The third-order valence-corrected chi connectivity index (χ3v) is 5.49. The quantitative estimate of drug-likeness (QED) is 0.542. The molecule has 1 aromatic carbocycles. The van der Waals surface area contributed by atoms with E-state index >= 15 is 0 Å². The van der Waals surface area contributed by atoms with Gasteiger partial charge in [0.2, 0.25) is 17.8 Å². The molecule has 0 unspecified atom stereocenters. The molecule has 2 aromatic rings. The van der Waals surface area contributed by atoms with Crippen molar-refractivity contribution < 1.29 is 23.1 Å². The standard InChI is InChI=1S/C20H26F2N6O3S/c1-13(2)11-28-19(27-5-7-31-8-6-27)25-26-20(28)32-12-18(30)23-10-17(29)24-14-3-4-15(21)16(22)9-14/h3-4,9,13H,5-8,10-12H2,1-2H3,(H,23,30)(H,24,29). The van der Waals surface area contributed by atoms with Gasteiger partial charge in [-0.1, -0.05) is 25.6 Å². The van der Waals surface area contributed by atoms with Crippen LogP contribution in [0, 0.1) is 17.6 Å². The van der Waals surface area contributed by atoms with Gasteiger partial charge in [-0.2, -0.15) is 0 Å². The lowest BCUT2D eigenvalue weighted by Gasteiger charge is -2.28. The maximum atomic E-state index is 13.2. The van der Waals surface area contributed by atoms with E-state index in [4.69, 9.17) is 4.74 Å². The number of morpholine rings is 1. The average Bonchev–Trinajstić information content (AvgIpc) is 3.15. The topological polar surface area (TPSA) is 101 Å². The van der Waals surface area contributed by atoms with Crippen molar-refractivity contribution in [2.45, 2.75) is 25.5 Å². The molecule has 32 heavy (non-hydrogen) atoms. The van der Waals surface area contributed by atoms with Gasteiger partial charge < -0.3 is 20.3 Å². The molecule has 0 spiro atoms. The minimum Gasteiger partial charge on any atom is -0.378 e. The fourth-order valence-corrected chi connectivity index (χ4v) is 3.82. The summed E-state index contributed by atoms with van der Waals surface area (Å²) in [7, 11) is 0. The smallest absolute Gasteiger partial charge is 0.243 e. The fourth-order valence-electron chi connectivity index (χ4n) is 3.05. The Labute approximate surface area is 188 Å². The van der Waals surface area contributed by atoms with Crippen molar-refractivity contribution in [1.29, 1.82) is 0 Å². The zero-order valence-corrected chi connectivity index (χ0v) is 18.8. The van der Waals surface area contributed by atoms with E-state index in [1.165, 1.54) is 17.8 Å². The van der Waals surface area contributed by atoms with Gasteiger partial charge in [0.25, 0.3) is 0 Å². The summed E-state index contributed by atoms with van der Waals surface area (Å²) in [6.45, 7) is 7.32. The zero-order chi connectivity index (χ0) is 23.1. The summed E-state index contributed by atoms with van der Waals surface area (Å²) < 4.78 is 33.6. The molecule has 12 heteroatoms. The second-order valence-electron chi connectivity index (χ2n) is 7.63. The molecule has 0 aliphatic carbocycles. The summed E-state index contributed by atoms with van der Waals surface area (Å²) in [5.41, 5.74) is 0.106. The van der Waals surface area contributed by atoms with Crippen molar-refractivity contribution in [3.8, 4) is 0 Å². The Balaban J connectivity index is 1.51. The second kappa shape index (κ2) is 11.2. The highest BCUT2D eigenvalue weighted by Crippen LogP contribution is 2.24. The molecule has 0 bridgehead atoms. The maximum Gasteiger partial charge on any atom is 0.243 e. The number of ether oxygens (including phenoxy) is 1. The van der Waals surface area contributed by atoms with E-state index in [9.17, 15) is 18.4 Å². The van der Waals surface area contributed by atoms with Crippen LogP contribution in [0.5, 0.6) is 0 Å². The number of carbonyl (C=O) groups is 2. The normalized spacial score (nSPS) is 14.0. The van der Waals surface area contributed by atoms with E-state index in [1.807, 2.05) is 4.57 Å². The minimum absolute atomic E-state index is 0.0534. The largest absolute Gasteiger partial charge is 0.378 e. The third kappa shape index (κ3) is 6.63. The molecular formula is C20H26F2N6O3S. The number of hydrogen-bond acceptors (Lipinski definition) is 7. The first-order valence-corrected chi connectivity index (χ1v) is 11.2. The van der Waals surface area contributed by atoms with E-state index < -0.39 is 17.5 Å². The number of nitrogens with zero attached hydrogens (tertiary/aromatic N) is 4. The lowest BCUT2D eigenvalue weighted by molar-refractivity contribution is -0.122. The van der Waals surface area contributed by atoms with E-state index in [1.54, 1.807) is 0 Å². The maximum absolute atomic E-state index is 13.2. The first kappa shape index (κ1) is 23.9. The van der Waals surface area contributed by atoms with Crippen molar-refractivity contribution in [2.24, 2.45) is 5.92 Å². The summed E-state index contributed by atoms with van der Waals surface area (Å²) in [6.07, 6.45) is 0. The molecule has 3 rings (SSSR count). The number of halogens is 2. The number of benzene rings is 1. The van der Waals surface area contributed by atoms with Crippen LogP contribution >= 0.6 is 11.8 Å². The van der Waals surface area contributed by atoms with Crippen LogP contribution in [0.3, 0.4) is 0 Å². The molecule has 0 radical (unpaired) electrons. The Kier molecular flexibility index (Phi) is 8.39. The van der Waals surface area contributed by atoms with Crippen molar-refractivity contribution in [3.05, 3.63) is 29.8 Å². The van der Waals surface area contributed by atoms with Crippen LogP contribution in [0.4, 0.5) is 20.4 Å². The van der Waals surface area contributed by atoms with Crippen molar-refractivity contribution in [2.75, 3.05) is 48.8 Å². The molecule has 174 valence electrons. The minimum atomic E-state index is -1.06. The fraction of sp³-hybridized carbons (Fsp3) is 0.500.